The summed E-state index contributed by atoms with van der Waals surface area (Å²) in [5.41, 5.74) is 2.06. The lowest BCUT2D eigenvalue weighted by atomic mass is 10.2. The minimum Gasteiger partial charge on any atom is -0.380 e. The highest BCUT2D eigenvalue weighted by Crippen LogP contribution is 2.15. The lowest BCUT2D eigenvalue weighted by molar-refractivity contribution is 1.31. The first kappa shape index (κ1) is 8.75. The number of hydrogen-bond acceptors (Lipinski definition) is 2. The zero-order chi connectivity index (χ0) is 9.80. The van der Waals surface area contributed by atoms with E-state index < -0.39 is 0 Å². The fourth-order valence-electron chi connectivity index (χ4n) is 1.36. The van der Waals surface area contributed by atoms with Crippen molar-refractivity contribution < 1.29 is 0 Å². The van der Waals surface area contributed by atoms with Crippen molar-refractivity contribution in [2.45, 2.75) is 0 Å². The molecule has 0 bridgehead atoms. The molecule has 0 saturated heterocycles. The van der Waals surface area contributed by atoms with E-state index in [1.54, 1.807) is 0 Å². The Hall–Kier alpha value is -1.83. The average Bonchev–Trinajstić information content (AvgIpc) is 2.26. The van der Waals surface area contributed by atoms with Crippen molar-refractivity contribution >= 4 is 16.6 Å². The standard InChI is InChI=1S/C12H12N2/c1-2-7-13-11-8-10-5-3-4-6-12(10)14-9-11/h2-6,8-9,13H,1,7H2. The van der Waals surface area contributed by atoms with Gasteiger partial charge in [-0.1, -0.05) is 24.3 Å². The van der Waals surface area contributed by atoms with Crippen LogP contribution < -0.4 is 5.32 Å². The van der Waals surface area contributed by atoms with Crippen LogP contribution in [-0.4, -0.2) is 11.5 Å². The van der Waals surface area contributed by atoms with E-state index in [-0.39, 0.29) is 0 Å². The maximum absolute atomic E-state index is 4.34. The van der Waals surface area contributed by atoms with Crippen LogP contribution in [0.25, 0.3) is 10.9 Å². The fourth-order valence-corrected chi connectivity index (χ4v) is 1.36. The summed E-state index contributed by atoms with van der Waals surface area (Å²) in [4.78, 5) is 4.34. The third kappa shape index (κ3) is 1.74. The number of fused-ring (bicyclic) bond motifs is 1. The predicted molar refractivity (Wildman–Crippen MR) is 60.4 cm³/mol. The molecule has 0 aliphatic carbocycles. The molecule has 70 valence electrons. The van der Waals surface area contributed by atoms with Crippen LogP contribution in [0.4, 0.5) is 5.69 Å². The van der Waals surface area contributed by atoms with E-state index in [4.69, 9.17) is 0 Å². The minimum absolute atomic E-state index is 0.764. The molecule has 2 nitrogen and oxygen atoms in total. The molecule has 1 aromatic carbocycles. The first-order valence-corrected chi connectivity index (χ1v) is 4.60. The zero-order valence-corrected chi connectivity index (χ0v) is 7.90. The molecule has 0 spiro atoms. The monoisotopic (exact) mass is 184 g/mol. The SMILES string of the molecule is C=CCNc1cnc2ccccc2c1. The zero-order valence-electron chi connectivity index (χ0n) is 7.90. The van der Waals surface area contributed by atoms with Crippen molar-refractivity contribution in [1.82, 2.24) is 4.98 Å². The number of aromatic nitrogens is 1. The van der Waals surface area contributed by atoms with Gasteiger partial charge >= 0.3 is 0 Å². The largest absolute Gasteiger partial charge is 0.380 e. The Bertz CT molecular complexity index is 449. The summed E-state index contributed by atoms with van der Waals surface area (Å²) in [5, 5.41) is 4.36. The van der Waals surface area contributed by atoms with Crippen molar-refractivity contribution in [3.63, 3.8) is 0 Å². The Morgan fingerprint density at radius 3 is 3.07 bits per heavy atom. The predicted octanol–water partition coefficient (Wildman–Crippen LogP) is 2.83. The molecule has 14 heavy (non-hydrogen) atoms. The number of benzene rings is 1. The molecule has 1 aromatic heterocycles. The molecule has 1 heterocycles. The topological polar surface area (TPSA) is 24.9 Å². The number of para-hydroxylation sites is 1. The van der Waals surface area contributed by atoms with Crippen molar-refractivity contribution in [3.05, 3.63) is 49.2 Å². The van der Waals surface area contributed by atoms with Crippen LogP contribution in [-0.2, 0) is 0 Å². The van der Waals surface area contributed by atoms with E-state index in [1.807, 2.05) is 30.5 Å². The van der Waals surface area contributed by atoms with Gasteiger partial charge in [-0.05, 0) is 12.1 Å². The molecule has 0 aliphatic heterocycles. The Morgan fingerprint density at radius 1 is 1.36 bits per heavy atom. The highest BCUT2D eigenvalue weighted by atomic mass is 14.9. The van der Waals surface area contributed by atoms with E-state index in [1.165, 1.54) is 0 Å². The van der Waals surface area contributed by atoms with Gasteiger partial charge in [-0.3, -0.25) is 4.98 Å². The third-order valence-corrected chi connectivity index (χ3v) is 2.04. The summed E-state index contributed by atoms with van der Waals surface area (Å²) in [6.45, 7) is 4.42. The summed E-state index contributed by atoms with van der Waals surface area (Å²) in [6.07, 6.45) is 3.67. The van der Waals surface area contributed by atoms with Crippen LogP contribution in [0.5, 0.6) is 0 Å². The van der Waals surface area contributed by atoms with E-state index in [9.17, 15) is 0 Å². The van der Waals surface area contributed by atoms with Crippen LogP contribution in [0.2, 0.25) is 0 Å². The molecular formula is C12H12N2. The van der Waals surface area contributed by atoms with Crippen molar-refractivity contribution in [2.75, 3.05) is 11.9 Å². The second kappa shape index (κ2) is 3.92. The van der Waals surface area contributed by atoms with Crippen LogP contribution in [0.15, 0.2) is 49.2 Å². The van der Waals surface area contributed by atoms with E-state index in [0.717, 1.165) is 23.1 Å². The summed E-state index contributed by atoms with van der Waals surface area (Å²) in [7, 11) is 0. The maximum Gasteiger partial charge on any atom is 0.0703 e. The molecule has 0 unspecified atom stereocenters. The maximum atomic E-state index is 4.34. The molecule has 0 amide bonds. The van der Waals surface area contributed by atoms with Gasteiger partial charge in [0, 0.05) is 11.9 Å². The molecule has 0 aliphatic rings. The Labute approximate surface area is 83.3 Å². The van der Waals surface area contributed by atoms with Gasteiger partial charge < -0.3 is 5.32 Å². The number of pyridine rings is 1. The van der Waals surface area contributed by atoms with Gasteiger partial charge in [0.25, 0.3) is 0 Å². The number of nitrogens with zero attached hydrogens (tertiary/aromatic N) is 1. The van der Waals surface area contributed by atoms with Gasteiger partial charge in [0.05, 0.1) is 17.4 Å². The first-order chi connectivity index (χ1) is 6.90. The molecule has 0 atom stereocenters. The number of anilines is 1. The highest BCUT2D eigenvalue weighted by Gasteiger charge is 1.94. The second-order valence-electron chi connectivity index (χ2n) is 3.09. The molecule has 1 N–H and O–H groups in total. The second-order valence-corrected chi connectivity index (χ2v) is 3.09. The molecule has 2 rings (SSSR count). The minimum atomic E-state index is 0.764. The van der Waals surface area contributed by atoms with Crippen LogP contribution >= 0.6 is 0 Å². The summed E-state index contributed by atoms with van der Waals surface area (Å²) >= 11 is 0. The summed E-state index contributed by atoms with van der Waals surface area (Å²) in [5.74, 6) is 0. The van der Waals surface area contributed by atoms with Gasteiger partial charge in [0.15, 0.2) is 0 Å². The Morgan fingerprint density at radius 2 is 2.21 bits per heavy atom. The number of rotatable bonds is 3. The van der Waals surface area contributed by atoms with Crippen LogP contribution in [0, 0.1) is 0 Å². The van der Waals surface area contributed by atoms with Gasteiger partial charge in [-0.2, -0.15) is 0 Å². The van der Waals surface area contributed by atoms with Gasteiger partial charge in [0.2, 0.25) is 0 Å². The normalized spacial score (nSPS) is 10.0. The molecular weight excluding hydrogens is 172 g/mol. The quantitative estimate of drug-likeness (QED) is 0.742. The van der Waals surface area contributed by atoms with Gasteiger partial charge in [0.1, 0.15) is 0 Å². The first-order valence-electron chi connectivity index (χ1n) is 4.60. The number of hydrogen-bond donors (Lipinski definition) is 1. The average molecular weight is 184 g/mol. The molecule has 2 heteroatoms. The Balaban J connectivity index is 2.36. The summed E-state index contributed by atoms with van der Waals surface area (Å²) in [6, 6.07) is 10.2. The lowest BCUT2D eigenvalue weighted by Gasteiger charge is -2.03. The van der Waals surface area contributed by atoms with Gasteiger partial charge in [-0.15, -0.1) is 6.58 Å². The fraction of sp³-hybridized carbons (Fsp3) is 0.0833. The van der Waals surface area contributed by atoms with Gasteiger partial charge in [-0.25, -0.2) is 0 Å². The highest BCUT2D eigenvalue weighted by molar-refractivity contribution is 5.81. The van der Waals surface area contributed by atoms with Crippen molar-refractivity contribution in [2.24, 2.45) is 0 Å². The van der Waals surface area contributed by atoms with Crippen molar-refractivity contribution in [3.8, 4) is 0 Å². The molecule has 0 saturated carbocycles. The van der Waals surface area contributed by atoms with E-state index >= 15 is 0 Å². The lowest BCUT2D eigenvalue weighted by Crippen LogP contribution is -1.97. The summed E-state index contributed by atoms with van der Waals surface area (Å²) < 4.78 is 0. The molecule has 0 fully saturated rings. The van der Waals surface area contributed by atoms with E-state index in [2.05, 4.69) is 29.0 Å². The Kier molecular flexibility index (Phi) is 2.45. The van der Waals surface area contributed by atoms with Crippen LogP contribution in [0.1, 0.15) is 0 Å². The van der Waals surface area contributed by atoms with E-state index in [0.29, 0.717) is 0 Å². The third-order valence-electron chi connectivity index (χ3n) is 2.04. The van der Waals surface area contributed by atoms with Crippen LogP contribution in [0.3, 0.4) is 0 Å². The molecule has 2 aromatic rings. The molecule has 0 radical (unpaired) electrons. The smallest absolute Gasteiger partial charge is 0.0703 e. The van der Waals surface area contributed by atoms with Crippen molar-refractivity contribution in [1.29, 1.82) is 0 Å². The number of nitrogens with one attached hydrogen (secondary N) is 1.